The van der Waals surface area contributed by atoms with Crippen molar-refractivity contribution in [1.82, 2.24) is 9.97 Å². The summed E-state index contributed by atoms with van der Waals surface area (Å²) in [5.41, 5.74) is 2.24. The number of anilines is 2. The van der Waals surface area contributed by atoms with Crippen LogP contribution in [0.4, 0.5) is 11.5 Å². The Bertz CT molecular complexity index is 485. The van der Waals surface area contributed by atoms with Crippen molar-refractivity contribution in [2.75, 3.05) is 5.32 Å². The van der Waals surface area contributed by atoms with Gasteiger partial charge >= 0.3 is 0 Å². The second kappa shape index (κ2) is 4.94. The number of benzene rings is 1. The average Bonchev–Trinajstić information content (AvgIpc) is 2.32. The Kier molecular flexibility index (Phi) is 3.37. The van der Waals surface area contributed by atoms with E-state index < -0.39 is 0 Å². The zero-order chi connectivity index (χ0) is 11.4. The van der Waals surface area contributed by atoms with Gasteiger partial charge in [-0.25, -0.2) is 9.97 Å². The van der Waals surface area contributed by atoms with Crippen molar-refractivity contribution in [2.45, 2.75) is 13.3 Å². The number of nitrogens with one attached hydrogen (secondary N) is 1. The molecule has 82 valence electrons. The lowest BCUT2D eigenvalue weighted by atomic mass is 10.1. The molecule has 0 saturated heterocycles. The molecule has 3 nitrogen and oxygen atoms in total. The molecule has 0 aliphatic carbocycles. The minimum absolute atomic E-state index is 0.379. The zero-order valence-corrected chi connectivity index (χ0v) is 9.70. The van der Waals surface area contributed by atoms with Crippen LogP contribution in [0.5, 0.6) is 0 Å². The predicted molar refractivity (Wildman–Crippen MR) is 66.1 cm³/mol. The Morgan fingerprint density at radius 1 is 1.25 bits per heavy atom. The summed E-state index contributed by atoms with van der Waals surface area (Å²) < 4.78 is 0. The van der Waals surface area contributed by atoms with Gasteiger partial charge in [0.2, 0.25) is 0 Å². The molecule has 16 heavy (non-hydrogen) atoms. The van der Waals surface area contributed by atoms with E-state index in [0.29, 0.717) is 11.0 Å². The number of hydrogen-bond acceptors (Lipinski definition) is 3. The molecule has 1 aromatic heterocycles. The van der Waals surface area contributed by atoms with Gasteiger partial charge in [0.25, 0.3) is 0 Å². The van der Waals surface area contributed by atoms with E-state index in [1.165, 1.54) is 5.56 Å². The van der Waals surface area contributed by atoms with Gasteiger partial charge in [-0.3, -0.25) is 0 Å². The molecule has 2 rings (SSSR count). The second-order valence-corrected chi connectivity index (χ2v) is 3.73. The van der Waals surface area contributed by atoms with Crippen LogP contribution in [0.3, 0.4) is 0 Å². The Labute approximate surface area is 99.5 Å². The van der Waals surface area contributed by atoms with Gasteiger partial charge in [-0.2, -0.15) is 0 Å². The number of aryl methyl sites for hydroxylation is 1. The van der Waals surface area contributed by atoms with Crippen molar-refractivity contribution in [3.8, 4) is 0 Å². The van der Waals surface area contributed by atoms with Gasteiger partial charge in [0.15, 0.2) is 11.0 Å². The summed E-state index contributed by atoms with van der Waals surface area (Å²) in [4.78, 5) is 8.08. The van der Waals surface area contributed by atoms with Gasteiger partial charge in [0.1, 0.15) is 0 Å². The van der Waals surface area contributed by atoms with E-state index in [1.54, 1.807) is 12.4 Å². The number of aromatic nitrogens is 2. The van der Waals surface area contributed by atoms with Crippen molar-refractivity contribution < 1.29 is 0 Å². The minimum Gasteiger partial charge on any atom is -0.338 e. The fraction of sp³-hybridized carbons (Fsp3) is 0.167. The van der Waals surface area contributed by atoms with Crippen LogP contribution >= 0.6 is 11.6 Å². The molecule has 1 heterocycles. The lowest BCUT2D eigenvalue weighted by Crippen LogP contribution is -1.96. The Morgan fingerprint density at radius 2 is 2.06 bits per heavy atom. The third kappa shape index (κ3) is 2.49. The molecule has 0 atom stereocenters. The Morgan fingerprint density at radius 3 is 2.81 bits per heavy atom. The van der Waals surface area contributed by atoms with Crippen molar-refractivity contribution in [3.63, 3.8) is 0 Å². The standard InChI is InChI=1S/C12H12ClN3/c1-2-9-4-3-5-10(8-9)16-12-11(13)14-6-7-15-12/h3-8H,2H2,1H3,(H,15,16). The first-order valence-corrected chi connectivity index (χ1v) is 5.50. The maximum Gasteiger partial charge on any atom is 0.171 e. The summed E-state index contributed by atoms with van der Waals surface area (Å²) in [5.74, 6) is 0.581. The molecular weight excluding hydrogens is 222 g/mol. The molecule has 0 radical (unpaired) electrons. The minimum atomic E-state index is 0.379. The predicted octanol–water partition coefficient (Wildman–Crippen LogP) is 3.44. The maximum absolute atomic E-state index is 5.91. The van der Waals surface area contributed by atoms with Gasteiger partial charge in [-0.15, -0.1) is 0 Å². The second-order valence-electron chi connectivity index (χ2n) is 3.37. The fourth-order valence-electron chi connectivity index (χ4n) is 1.41. The molecular formula is C12H12ClN3. The van der Waals surface area contributed by atoms with Crippen LogP contribution in [0.2, 0.25) is 5.15 Å². The van der Waals surface area contributed by atoms with Crippen LogP contribution < -0.4 is 5.32 Å². The van der Waals surface area contributed by atoms with Crippen LogP contribution in [0.15, 0.2) is 36.7 Å². The highest BCUT2D eigenvalue weighted by atomic mass is 35.5. The first kappa shape index (κ1) is 10.9. The van der Waals surface area contributed by atoms with Gasteiger partial charge in [0, 0.05) is 18.1 Å². The number of nitrogens with zero attached hydrogens (tertiary/aromatic N) is 2. The normalized spacial score (nSPS) is 10.1. The molecule has 0 unspecified atom stereocenters. The van der Waals surface area contributed by atoms with Gasteiger partial charge in [0.05, 0.1) is 0 Å². The van der Waals surface area contributed by atoms with E-state index in [0.717, 1.165) is 12.1 Å². The first-order valence-electron chi connectivity index (χ1n) is 5.12. The van der Waals surface area contributed by atoms with Crippen molar-refractivity contribution in [1.29, 1.82) is 0 Å². The molecule has 0 amide bonds. The SMILES string of the molecule is CCc1cccc(Nc2nccnc2Cl)c1. The quantitative estimate of drug-likeness (QED) is 0.883. The van der Waals surface area contributed by atoms with E-state index in [4.69, 9.17) is 11.6 Å². The fourth-order valence-corrected chi connectivity index (χ4v) is 1.56. The molecule has 0 bridgehead atoms. The molecule has 0 fully saturated rings. The topological polar surface area (TPSA) is 37.8 Å². The summed E-state index contributed by atoms with van der Waals surface area (Å²) in [5, 5.41) is 3.52. The van der Waals surface area contributed by atoms with Crippen LogP contribution in [-0.4, -0.2) is 9.97 Å². The number of halogens is 1. The van der Waals surface area contributed by atoms with Crippen molar-refractivity contribution >= 4 is 23.1 Å². The largest absolute Gasteiger partial charge is 0.338 e. The van der Waals surface area contributed by atoms with E-state index in [9.17, 15) is 0 Å². The van der Waals surface area contributed by atoms with Crippen molar-refractivity contribution in [2.24, 2.45) is 0 Å². The third-order valence-corrected chi connectivity index (χ3v) is 2.53. The highest BCUT2D eigenvalue weighted by Gasteiger charge is 2.02. The lowest BCUT2D eigenvalue weighted by molar-refractivity contribution is 1.14. The Balaban J connectivity index is 2.24. The Hall–Kier alpha value is -1.61. The lowest BCUT2D eigenvalue weighted by Gasteiger charge is -2.07. The summed E-state index contributed by atoms with van der Waals surface area (Å²) >= 11 is 5.91. The molecule has 1 N–H and O–H groups in total. The molecule has 0 aliphatic heterocycles. The highest BCUT2D eigenvalue weighted by Crippen LogP contribution is 2.21. The zero-order valence-electron chi connectivity index (χ0n) is 8.94. The number of hydrogen-bond donors (Lipinski definition) is 1. The maximum atomic E-state index is 5.91. The van der Waals surface area contributed by atoms with Crippen molar-refractivity contribution in [3.05, 3.63) is 47.4 Å². The summed E-state index contributed by atoms with van der Waals surface area (Å²) in [6.07, 6.45) is 4.18. The smallest absolute Gasteiger partial charge is 0.171 e. The monoisotopic (exact) mass is 233 g/mol. The molecule has 4 heteroatoms. The number of rotatable bonds is 3. The summed E-state index contributed by atoms with van der Waals surface area (Å²) in [7, 11) is 0. The van der Waals surface area contributed by atoms with Gasteiger partial charge < -0.3 is 5.32 Å². The average molecular weight is 234 g/mol. The van der Waals surface area contributed by atoms with Crippen LogP contribution in [0.1, 0.15) is 12.5 Å². The van der Waals surface area contributed by atoms with Gasteiger partial charge in [-0.05, 0) is 24.1 Å². The van der Waals surface area contributed by atoms with Crippen LogP contribution in [0, 0.1) is 0 Å². The van der Waals surface area contributed by atoms with E-state index in [-0.39, 0.29) is 0 Å². The third-order valence-electron chi connectivity index (χ3n) is 2.25. The van der Waals surface area contributed by atoms with Crippen LogP contribution in [-0.2, 0) is 6.42 Å². The van der Waals surface area contributed by atoms with Crippen LogP contribution in [0.25, 0.3) is 0 Å². The molecule has 2 aromatic rings. The highest BCUT2D eigenvalue weighted by molar-refractivity contribution is 6.31. The van der Waals surface area contributed by atoms with E-state index >= 15 is 0 Å². The molecule has 0 spiro atoms. The molecule has 0 aliphatic rings. The van der Waals surface area contributed by atoms with E-state index in [2.05, 4.69) is 34.3 Å². The van der Waals surface area contributed by atoms with Gasteiger partial charge in [-0.1, -0.05) is 30.7 Å². The molecule has 0 saturated carbocycles. The molecule has 1 aromatic carbocycles. The summed E-state index contributed by atoms with van der Waals surface area (Å²) in [6.45, 7) is 2.12. The van der Waals surface area contributed by atoms with E-state index in [1.807, 2.05) is 12.1 Å². The first-order chi connectivity index (χ1) is 7.79. The summed E-state index contributed by atoms with van der Waals surface area (Å²) in [6, 6.07) is 8.14.